The van der Waals surface area contributed by atoms with Gasteiger partial charge in [0, 0.05) is 23.5 Å². The fraction of sp³-hybridized carbons (Fsp3) is 0.400. The van der Waals surface area contributed by atoms with Crippen LogP contribution in [0, 0.1) is 25.9 Å². The second-order valence-electron chi connectivity index (χ2n) is 14.6. The standard InChI is InChI=1S/C40H38N6O2/c1-23-24(2)30(40-28(22-48)12-16-36(40)46-18-4-6-32(46)38-42-20-34(40)44-38)14-13-29(23)25-7-9-26(10-8-25)39-27(21-47)11-15-35(39)45-17-3-5-31(45)37-41-19-33(39)43-37/h7-10,13-14,19-20,31-32H,3-6,11-12,15-18H2,1-2H3,(H,41,43)(H,42,44)/t31?,32?,39?,40-/m0/s1. The first-order chi connectivity index (χ1) is 23.5. The van der Waals surface area contributed by atoms with E-state index in [9.17, 15) is 9.59 Å². The third-order valence-electron chi connectivity index (χ3n) is 12.9. The number of nitrogens with zero attached hydrogens (tertiary/aromatic N) is 4. The molecule has 2 saturated carbocycles. The van der Waals surface area contributed by atoms with Gasteiger partial charge in [0.25, 0.3) is 0 Å². The summed E-state index contributed by atoms with van der Waals surface area (Å²) in [6.45, 7) is 6.38. The van der Waals surface area contributed by atoms with E-state index in [1.165, 1.54) is 23.2 Å². The van der Waals surface area contributed by atoms with E-state index < -0.39 is 10.8 Å². The van der Waals surface area contributed by atoms with Crippen LogP contribution in [0.25, 0.3) is 11.1 Å². The van der Waals surface area contributed by atoms with Crippen LogP contribution in [0.15, 0.2) is 59.9 Å². The van der Waals surface area contributed by atoms with Crippen LogP contribution in [0.1, 0.15) is 109 Å². The smallest absolute Gasteiger partial charge is 0.124 e. The number of benzene rings is 2. The Hall–Kier alpha value is -4.32. The van der Waals surface area contributed by atoms with Gasteiger partial charge in [-0.3, -0.25) is 9.80 Å². The molecule has 8 nitrogen and oxygen atoms in total. The van der Waals surface area contributed by atoms with Crippen molar-refractivity contribution in [3.8, 4) is 11.1 Å². The predicted octanol–water partition coefficient (Wildman–Crippen LogP) is 6.46. The quantitative estimate of drug-likeness (QED) is 0.251. The molecule has 48 heavy (non-hydrogen) atoms. The summed E-state index contributed by atoms with van der Waals surface area (Å²) in [6.07, 6.45) is 11.5. The third kappa shape index (κ3) is 3.39. The zero-order valence-corrected chi connectivity index (χ0v) is 27.4. The molecule has 10 rings (SSSR count). The summed E-state index contributed by atoms with van der Waals surface area (Å²) < 4.78 is 0. The van der Waals surface area contributed by atoms with Crippen molar-refractivity contribution in [1.82, 2.24) is 29.7 Å². The zero-order chi connectivity index (χ0) is 32.4. The van der Waals surface area contributed by atoms with Crippen molar-refractivity contribution >= 4 is 11.9 Å². The highest BCUT2D eigenvalue weighted by Crippen LogP contribution is 2.61. The Kier molecular flexibility index (Phi) is 6.03. The fourth-order valence-electron chi connectivity index (χ4n) is 10.7. The summed E-state index contributed by atoms with van der Waals surface area (Å²) in [5.41, 5.74) is 9.14. The molecule has 4 bridgehead atoms. The van der Waals surface area contributed by atoms with E-state index >= 15 is 0 Å². The maximum Gasteiger partial charge on any atom is 0.124 e. The fourth-order valence-corrected chi connectivity index (χ4v) is 10.7. The van der Waals surface area contributed by atoms with Crippen molar-refractivity contribution in [2.24, 2.45) is 0 Å². The summed E-state index contributed by atoms with van der Waals surface area (Å²) in [7, 11) is 0. The van der Waals surface area contributed by atoms with Crippen molar-refractivity contribution < 1.29 is 9.59 Å². The minimum atomic E-state index is -0.662. The van der Waals surface area contributed by atoms with Crippen LogP contribution in [0.3, 0.4) is 0 Å². The maximum absolute atomic E-state index is 12.7. The average molecular weight is 635 g/mol. The maximum atomic E-state index is 12.7. The number of aromatic nitrogens is 4. The highest BCUT2D eigenvalue weighted by Gasteiger charge is 2.60. The lowest BCUT2D eigenvalue weighted by atomic mass is 9.68. The average Bonchev–Trinajstić information content (AvgIpc) is 3.94. The molecule has 4 fully saturated rings. The molecule has 2 radical (unpaired) electrons. The number of carbonyl (C=O) groups excluding carboxylic acids is 2. The van der Waals surface area contributed by atoms with Crippen LogP contribution in [0.5, 0.6) is 0 Å². The zero-order valence-electron chi connectivity index (χ0n) is 27.4. The molecule has 2 aliphatic carbocycles. The molecule has 2 saturated heterocycles. The van der Waals surface area contributed by atoms with Crippen molar-refractivity contribution in [2.75, 3.05) is 13.1 Å². The van der Waals surface area contributed by atoms with Crippen molar-refractivity contribution in [3.63, 3.8) is 0 Å². The van der Waals surface area contributed by atoms with E-state index in [2.05, 4.69) is 81.9 Å². The molecule has 2 aromatic heterocycles. The van der Waals surface area contributed by atoms with Gasteiger partial charge in [-0.15, -0.1) is 0 Å². The molecule has 2 N–H and O–H groups in total. The van der Waals surface area contributed by atoms with Crippen LogP contribution < -0.4 is 0 Å². The lowest BCUT2D eigenvalue weighted by molar-refractivity contribution is 0.231. The number of H-pyrrole nitrogens is 2. The minimum absolute atomic E-state index is 0.241. The summed E-state index contributed by atoms with van der Waals surface area (Å²) in [6, 6.07) is 16.4. The normalized spacial score (nSPS) is 29.6. The molecule has 8 heteroatoms. The summed E-state index contributed by atoms with van der Waals surface area (Å²) in [4.78, 5) is 47.3. The van der Waals surface area contributed by atoms with E-state index in [0.29, 0.717) is 12.8 Å². The Bertz CT molecular complexity index is 2100. The van der Waals surface area contributed by atoms with Gasteiger partial charge in [-0.05, 0) is 112 Å². The van der Waals surface area contributed by atoms with Crippen molar-refractivity contribution in [2.45, 2.75) is 88.1 Å². The van der Waals surface area contributed by atoms with Gasteiger partial charge in [-0.25, -0.2) is 19.6 Å². The van der Waals surface area contributed by atoms with E-state index in [1.807, 2.05) is 12.4 Å². The molecule has 4 aliphatic heterocycles. The number of nitrogens with one attached hydrogen (secondary N) is 2. The predicted molar refractivity (Wildman–Crippen MR) is 181 cm³/mol. The largest absolute Gasteiger partial charge is 0.343 e. The molecule has 6 heterocycles. The molecular formula is C40H38N6O2. The first-order valence-corrected chi connectivity index (χ1v) is 17.6. The highest BCUT2D eigenvalue weighted by atomic mass is 16.1. The third-order valence-corrected chi connectivity index (χ3v) is 12.9. The second kappa shape index (κ2) is 10.1. The molecule has 2 aromatic carbocycles. The van der Waals surface area contributed by atoms with Gasteiger partial charge in [0.1, 0.15) is 23.5 Å². The van der Waals surface area contributed by atoms with E-state index in [0.717, 1.165) is 108 Å². The molecule has 3 unspecified atom stereocenters. The van der Waals surface area contributed by atoms with Gasteiger partial charge in [-0.1, -0.05) is 36.4 Å². The van der Waals surface area contributed by atoms with Gasteiger partial charge in [0.15, 0.2) is 0 Å². The summed E-state index contributed by atoms with van der Waals surface area (Å²) in [5, 5.41) is 0. The lowest BCUT2D eigenvalue weighted by Gasteiger charge is -2.41. The molecular weight excluding hydrogens is 596 g/mol. The Balaban J connectivity index is 1.08. The van der Waals surface area contributed by atoms with Gasteiger partial charge in [0.05, 0.1) is 46.4 Å². The summed E-state index contributed by atoms with van der Waals surface area (Å²) in [5.74, 6) is 6.81. The van der Waals surface area contributed by atoms with Crippen LogP contribution in [0.2, 0.25) is 0 Å². The van der Waals surface area contributed by atoms with Gasteiger partial charge < -0.3 is 9.97 Å². The second-order valence-corrected chi connectivity index (χ2v) is 14.6. The first kappa shape index (κ1) is 28.7. The van der Waals surface area contributed by atoms with Crippen LogP contribution in [0.4, 0.5) is 0 Å². The minimum Gasteiger partial charge on any atom is -0.343 e. The number of hydrogen-bond donors (Lipinski definition) is 2. The van der Waals surface area contributed by atoms with Gasteiger partial charge >= 0.3 is 0 Å². The van der Waals surface area contributed by atoms with Crippen molar-refractivity contribution in [3.05, 3.63) is 117 Å². The Labute approximate surface area is 280 Å². The Morgan fingerprint density at radius 2 is 1.27 bits per heavy atom. The number of aromatic amines is 2. The molecule has 240 valence electrons. The number of fused-ring (bicyclic) bond motifs is 14. The molecule has 6 aliphatic rings. The van der Waals surface area contributed by atoms with Crippen LogP contribution >= 0.6 is 0 Å². The van der Waals surface area contributed by atoms with Crippen LogP contribution in [-0.4, -0.2) is 54.7 Å². The SMILES string of the molecule is Cc1c(-c2ccc(C34[C](CCC3=C=O)N3CCCC3c3ncc4[nH]3)cc2)ccc([C@@]23[C](CCC2=C=O)N2CCCC2c2ncc3[nH]2)c1C. The number of hydrogen-bond acceptors (Lipinski definition) is 6. The summed E-state index contributed by atoms with van der Waals surface area (Å²) >= 11 is 0. The lowest BCUT2D eigenvalue weighted by Crippen LogP contribution is -2.42. The van der Waals surface area contributed by atoms with E-state index in [4.69, 9.17) is 9.97 Å². The number of rotatable bonds is 3. The van der Waals surface area contributed by atoms with E-state index in [1.54, 1.807) is 0 Å². The topological polar surface area (TPSA) is 98.0 Å². The highest BCUT2D eigenvalue weighted by molar-refractivity contribution is 5.76. The Morgan fingerprint density at radius 1 is 0.708 bits per heavy atom. The monoisotopic (exact) mass is 634 g/mol. The van der Waals surface area contributed by atoms with Gasteiger partial charge in [0.2, 0.25) is 0 Å². The van der Waals surface area contributed by atoms with Gasteiger partial charge in [-0.2, -0.15) is 0 Å². The molecule has 0 spiro atoms. The van der Waals surface area contributed by atoms with Crippen LogP contribution in [-0.2, 0) is 20.4 Å². The van der Waals surface area contributed by atoms with Crippen molar-refractivity contribution in [1.29, 1.82) is 0 Å². The first-order valence-electron chi connectivity index (χ1n) is 17.6. The molecule has 0 amide bonds. The molecule has 4 atom stereocenters. The molecule has 4 aromatic rings. The van der Waals surface area contributed by atoms with E-state index in [-0.39, 0.29) is 12.1 Å². The number of imidazole rings is 2. The Morgan fingerprint density at radius 3 is 1.88 bits per heavy atom.